The molecule has 0 unspecified atom stereocenters. The predicted molar refractivity (Wildman–Crippen MR) is 109 cm³/mol. The van der Waals surface area contributed by atoms with E-state index in [1.54, 1.807) is 24.4 Å². The summed E-state index contributed by atoms with van der Waals surface area (Å²) in [7, 11) is 0. The van der Waals surface area contributed by atoms with Crippen LogP contribution < -0.4 is 14.8 Å². The molecule has 142 valence electrons. The van der Waals surface area contributed by atoms with Crippen LogP contribution in [0, 0.1) is 0 Å². The summed E-state index contributed by atoms with van der Waals surface area (Å²) in [5, 5.41) is 3.14. The molecule has 2 aromatic carbocycles. The van der Waals surface area contributed by atoms with Gasteiger partial charge < -0.3 is 14.2 Å². The Balaban J connectivity index is 1.41. The van der Waals surface area contributed by atoms with E-state index in [2.05, 4.69) is 26.2 Å². The van der Waals surface area contributed by atoms with Crippen molar-refractivity contribution in [1.82, 2.24) is 4.98 Å². The minimum atomic E-state index is -0.607. The van der Waals surface area contributed by atoms with E-state index in [-0.39, 0.29) is 13.4 Å². The maximum atomic E-state index is 12.0. The first-order valence-electron chi connectivity index (χ1n) is 8.33. The Morgan fingerprint density at radius 1 is 1.18 bits per heavy atom. The molecule has 0 atom stereocenters. The zero-order valence-corrected chi connectivity index (χ0v) is 16.8. The topological polar surface area (TPSA) is 69.7 Å². The van der Waals surface area contributed by atoms with Crippen molar-refractivity contribution >= 4 is 39.4 Å². The van der Waals surface area contributed by atoms with Crippen molar-refractivity contribution in [2.24, 2.45) is 0 Å². The number of benzene rings is 2. The van der Waals surface area contributed by atoms with Gasteiger partial charge in [-0.05, 0) is 30.3 Å². The fourth-order valence-corrected chi connectivity index (χ4v) is 3.41. The third-order valence-electron chi connectivity index (χ3n) is 4.08. The zero-order valence-electron chi connectivity index (χ0n) is 14.4. The lowest BCUT2D eigenvalue weighted by Crippen LogP contribution is -2.14. The van der Waals surface area contributed by atoms with E-state index in [0.29, 0.717) is 22.3 Å². The van der Waals surface area contributed by atoms with Gasteiger partial charge in [0.15, 0.2) is 11.5 Å². The molecule has 0 fully saturated rings. The van der Waals surface area contributed by atoms with Crippen LogP contribution >= 0.6 is 27.5 Å². The molecule has 1 aromatic heterocycles. The molecule has 6 nitrogen and oxygen atoms in total. The van der Waals surface area contributed by atoms with Crippen molar-refractivity contribution in [3.05, 3.63) is 69.8 Å². The lowest BCUT2D eigenvalue weighted by Gasteiger charge is -2.09. The van der Waals surface area contributed by atoms with E-state index in [9.17, 15) is 4.79 Å². The van der Waals surface area contributed by atoms with Gasteiger partial charge in [-0.1, -0.05) is 45.7 Å². The number of ether oxygens (including phenoxy) is 3. The van der Waals surface area contributed by atoms with Crippen LogP contribution in [0.2, 0.25) is 5.02 Å². The molecular formula is C20H14BrClN2O4. The van der Waals surface area contributed by atoms with E-state index in [0.717, 1.165) is 21.2 Å². The lowest BCUT2D eigenvalue weighted by atomic mass is 10.1. The standard InChI is InChI=1S/C20H14BrClN2O4/c21-15-8-18-17(27-11-28-18)7-14(15)12-5-6-19(23-9-12)24-20(25)26-10-13-3-1-2-4-16(13)22/h1-9H,10-11H2,(H,23,24,25). The molecule has 0 bridgehead atoms. The number of nitrogens with one attached hydrogen (secondary N) is 1. The Morgan fingerprint density at radius 2 is 1.96 bits per heavy atom. The summed E-state index contributed by atoms with van der Waals surface area (Å²) in [6.45, 7) is 0.288. The number of carbonyl (C=O) groups excluding carboxylic acids is 1. The minimum Gasteiger partial charge on any atom is -0.454 e. The van der Waals surface area contributed by atoms with Gasteiger partial charge in [0.2, 0.25) is 6.79 Å². The van der Waals surface area contributed by atoms with Gasteiger partial charge in [0, 0.05) is 32.4 Å². The van der Waals surface area contributed by atoms with Crippen LogP contribution in [0.3, 0.4) is 0 Å². The lowest BCUT2D eigenvalue weighted by molar-refractivity contribution is 0.155. The molecular weight excluding hydrogens is 448 g/mol. The summed E-state index contributed by atoms with van der Waals surface area (Å²) < 4.78 is 16.8. The fourth-order valence-electron chi connectivity index (χ4n) is 2.66. The summed E-state index contributed by atoms with van der Waals surface area (Å²) in [5.41, 5.74) is 2.50. The van der Waals surface area contributed by atoms with E-state index >= 15 is 0 Å². The molecule has 0 saturated heterocycles. The number of amides is 1. The van der Waals surface area contributed by atoms with Crippen LogP contribution in [0.5, 0.6) is 11.5 Å². The van der Waals surface area contributed by atoms with Gasteiger partial charge >= 0.3 is 6.09 Å². The predicted octanol–water partition coefficient (Wildman–Crippen LogP) is 5.64. The highest BCUT2D eigenvalue weighted by atomic mass is 79.9. The Bertz CT molecular complexity index is 1030. The summed E-state index contributed by atoms with van der Waals surface area (Å²) in [5.74, 6) is 1.76. The first-order valence-corrected chi connectivity index (χ1v) is 9.50. The second kappa shape index (κ2) is 8.08. The van der Waals surface area contributed by atoms with Crippen molar-refractivity contribution in [2.45, 2.75) is 6.61 Å². The molecule has 0 radical (unpaired) electrons. The van der Waals surface area contributed by atoms with Crippen molar-refractivity contribution < 1.29 is 19.0 Å². The van der Waals surface area contributed by atoms with Crippen molar-refractivity contribution in [3.63, 3.8) is 0 Å². The Kier molecular flexibility index (Phi) is 5.36. The van der Waals surface area contributed by atoms with E-state index < -0.39 is 6.09 Å². The van der Waals surface area contributed by atoms with Crippen LogP contribution in [0.1, 0.15) is 5.56 Å². The summed E-state index contributed by atoms with van der Waals surface area (Å²) in [6, 6.07) is 14.5. The van der Waals surface area contributed by atoms with E-state index in [4.69, 9.17) is 25.8 Å². The van der Waals surface area contributed by atoms with Crippen molar-refractivity contribution in [2.75, 3.05) is 12.1 Å². The number of nitrogens with zero attached hydrogens (tertiary/aromatic N) is 1. The normalized spacial score (nSPS) is 11.9. The summed E-state index contributed by atoms with van der Waals surface area (Å²) >= 11 is 9.58. The van der Waals surface area contributed by atoms with Crippen LogP contribution in [0.25, 0.3) is 11.1 Å². The van der Waals surface area contributed by atoms with Crippen LogP contribution in [-0.4, -0.2) is 17.9 Å². The average Bonchev–Trinajstić information content (AvgIpc) is 3.14. The van der Waals surface area contributed by atoms with Gasteiger partial charge in [-0.15, -0.1) is 0 Å². The highest BCUT2D eigenvalue weighted by Gasteiger charge is 2.17. The summed E-state index contributed by atoms with van der Waals surface area (Å²) in [4.78, 5) is 16.3. The number of carbonyl (C=O) groups is 1. The first-order chi connectivity index (χ1) is 13.6. The molecule has 0 spiro atoms. The molecule has 2 heterocycles. The molecule has 0 saturated carbocycles. The van der Waals surface area contributed by atoms with Crippen LogP contribution in [-0.2, 0) is 11.3 Å². The number of hydrogen-bond acceptors (Lipinski definition) is 5. The van der Waals surface area contributed by atoms with Crippen LogP contribution in [0.4, 0.5) is 10.6 Å². The quantitative estimate of drug-likeness (QED) is 0.544. The van der Waals surface area contributed by atoms with Crippen molar-refractivity contribution in [1.29, 1.82) is 0 Å². The average molecular weight is 462 g/mol. The number of rotatable bonds is 4. The third-order valence-corrected chi connectivity index (χ3v) is 5.11. The smallest absolute Gasteiger partial charge is 0.413 e. The largest absolute Gasteiger partial charge is 0.454 e. The molecule has 8 heteroatoms. The number of pyridine rings is 1. The SMILES string of the molecule is O=C(Nc1ccc(-c2cc3c(cc2Br)OCO3)cn1)OCc1ccccc1Cl. The van der Waals surface area contributed by atoms with Gasteiger partial charge in [0.05, 0.1) is 0 Å². The first kappa shape index (κ1) is 18.6. The molecule has 1 amide bonds. The second-order valence-electron chi connectivity index (χ2n) is 5.91. The van der Waals surface area contributed by atoms with Gasteiger partial charge in [-0.2, -0.15) is 0 Å². The molecule has 1 aliphatic heterocycles. The minimum absolute atomic E-state index is 0.0771. The van der Waals surface area contributed by atoms with Gasteiger partial charge in [0.25, 0.3) is 0 Å². The molecule has 0 aliphatic carbocycles. The van der Waals surface area contributed by atoms with E-state index in [1.807, 2.05) is 30.3 Å². The Morgan fingerprint density at radius 3 is 2.71 bits per heavy atom. The molecule has 1 aliphatic rings. The number of fused-ring (bicyclic) bond motifs is 1. The number of halogens is 2. The monoisotopic (exact) mass is 460 g/mol. The highest BCUT2D eigenvalue weighted by molar-refractivity contribution is 9.10. The van der Waals surface area contributed by atoms with Gasteiger partial charge in [-0.25, -0.2) is 9.78 Å². The maximum absolute atomic E-state index is 12.0. The Labute approximate surface area is 174 Å². The number of aromatic nitrogens is 1. The highest BCUT2D eigenvalue weighted by Crippen LogP contribution is 2.40. The molecule has 28 heavy (non-hydrogen) atoms. The van der Waals surface area contributed by atoms with Gasteiger partial charge in [-0.3, -0.25) is 5.32 Å². The molecule has 1 N–H and O–H groups in total. The third kappa shape index (κ3) is 4.05. The fraction of sp³-hybridized carbons (Fsp3) is 0.100. The molecule has 4 rings (SSSR count). The number of anilines is 1. The number of hydrogen-bond donors (Lipinski definition) is 1. The second-order valence-corrected chi connectivity index (χ2v) is 7.17. The summed E-state index contributed by atoms with van der Waals surface area (Å²) in [6.07, 6.45) is 1.05. The zero-order chi connectivity index (χ0) is 19.5. The Hall–Kier alpha value is -2.77. The molecule has 3 aromatic rings. The van der Waals surface area contributed by atoms with Gasteiger partial charge in [0.1, 0.15) is 12.4 Å². The van der Waals surface area contributed by atoms with Crippen molar-refractivity contribution in [3.8, 4) is 22.6 Å². The van der Waals surface area contributed by atoms with Crippen LogP contribution in [0.15, 0.2) is 59.2 Å². The maximum Gasteiger partial charge on any atom is 0.413 e. The van der Waals surface area contributed by atoms with E-state index in [1.165, 1.54) is 0 Å².